The summed E-state index contributed by atoms with van der Waals surface area (Å²) < 4.78 is 0. The summed E-state index contributed by atoms with van der Waals surface area (Å²) in [5, 5.41) is 10.7. The van der Waals surface area contributed by atoms with Crippen LogP contribution in [0.1, 0.15) is 25.3 Å². The minimum Gasteiger partial charge on any atom is -0.312 e. The average molecular weight is 297 g/mol. The lowest BCUT2D eigenvalue weighted by Crippen LogP contribution is -2.28. The van der Waals surface area contributed by atoms with E-state index in [1.165, 1.54) is 12.1 Å². The molecule has 108 valence electrons. The number of non-ortho nitro benzene ring substituents is 1. The maximum atomic E-state index is 12.0. The second-order valence-corrected chi connectivity index (χ2v) is 5.54. The van der Waals surface area contributed by atoms with Crippen molar-refractivity contribution in [2.24, 2.45) is 5.92 Å². The number of hydrogen-bond acceptors (Lipinski definition) is 3. The monoisotopic (exact) mass is 296 g/mol. The van der Waals surface area contributed by atoms with Crippen LogP contribution in [0.3, 0.4) is 0 Å². The first-order valence-electron chi connectivity index (χ1n) is 6.66. The Bertz CT molecular complexity index is 533. The molecule has 0 fully saturated rings. The highest BCUT2D eigenvalue weighted by molar-refractivity contribution is 6.17. The Balaban J connectivity index is 2.10. The summed E-state index contributed by atoms with van der Waals surface area (Å²) in [5.74, 6) is 1.10. The molecule has 1 aliphatic heterocycles. The number of rotatable bonds is 6. The summed E-state index contributed by atoms with van der Waals surface area (Å²) in [5.41, 5.74) is 1.58. The van der Waals surface area contributed by atoms with Crippen LogP contribution in [0.25, 0.3) is 0 Å². The van der Waals surface area contributed by atoms with Gasteiger partial charge in [0.25, 0.3) is 5.69 Å². The van der Waals surface area contributed by atoms with Crippen molar-refractivity contribution in [2.75, 3.05) is 17.3 Å². The van der Waals surface area contributed by atoms with Gasteiger partial charge in [-0.25, -0.2) is 0 Å². The highest BCUT2D eigenvalue weighted by Gasteiger charge is 2.28. The van der Waals surface area contributed by atoms with Crippen molar-refractivity contribution in [2.45, 2.75) is 26.2 Å². The van der Waals surface area contributed by atoms with Gasteiger partial charge in [-0.3, -0.25) is 14.9 Å². The van der Waals surface area contributed by atoms with Crippen LogP contribution in [0.4, 0.5) is 11.4 Å². The lowest BCUT2D eigenvalue weighted by atomic mass is 10.0. The van der Waals surface area contributed by atoms with Crippen LogP contribution in [0, 0.1) is 16.0 Å². The summed E-state index contributed by atoms with van der Waals surface area (Å²) in [4.78, 5) is 24.0. The Morgan fingerprint density at radius 2 is 2.20 bits per heavy atom. The van der Waals surface area contributed by atoms with Gasteiger partial charge >= 0.3 is 0 Å². The van der Waals surface area contributed by atoms with E-state index in [0.29, 0.717) is 18.3 Å². The lowest BCUT2D eigenvalue weighted by molar-refractivity contribution is -0.384. The summed E-state index contributed by atoms with van der Waals surface area (Å²) >= 11 is 5.70. The van der Waals surface area contributed by atoms with Gasteiger partial charge in [0.05, 0.1) is 11.3 Å². The Morgan fingerprint density at radius 1 is 1.45 bits per heavy atom. The molecule has 0 N–H and O–H groups in total. The van der Waals surface area contributed by atoms with E-state index in [9.17, 15) is 14.9 Å². The molecule has 1 aromatic rings. The lowest BCUT2D eigenvalue weighted by Gasteiger charge is -2.19. The van der Waals surface area contributed by atoms with Gasteiger partial charge in [-0.2, -0.15) is 0 Å². The number of halogens is 1. The van der Waals surface area contributed by atoms with E-state index >= 15 is 0 Å². The summed E-state index contributed by atoms with van der Waals surface area (Å²) in [7, 11) is 0. The molecule has 1 unspecified atom stereocenters. The Hall–Kier alpha value is -1.62. The molecule has 6 heteroatoms. The van der Waals surface area contributed by atoms with E-state index in [-0.39, 0.29) is 18.0 Å². The number of nitrogens with zero attached hydrogens (tertiary/aromatic N) is 2. The topological polar surface area (TPSA) is 63.5 Å². The summed E-state index contributed by atoms with van der Waals surface area (Å²) in [6, 6.07) is 4.62. The van der Waals surface area contributed by atoms with Crippen molar-refractivity contribution in [3.05, 3.63) is 33.9 Å². The number of carbonyl (C=O) groups is 1. The van der Waals surface area contributed by atoms with Crippen LogP contribution >= 0.6 is 11.6 Å². The summed E-state index contributed by atoms with van der Waals surface area (Å²) in [6.45, 7) is 2.75. The molecule has 0 saturated carbocycles. The van der Waals surface area contributed by atoms with Crippen LogP contribution < -0.4 is 4.90 Å². The molecule has 1 aliphatic rings. The highest BCUT2D eigenvalue weighted by atomic mass is 35.5. The standard InChI is InChI=1S/C14H17ClN2O3/c1-10(4-6-15)5-7-16-13-3-2-12(17(19)20)8-11(13)9-14(16)18/h2-3,8,10H,4-7,9H2,1H3. The number of anilines is 1. The largest absolute Gasteiger partial charge is 0.312 e. The second-order valence-electron chi connectivity index (χ2n) is 5.16. The molecule has 1 aromatic carbocycles. The Kier molecular flexibility index (Phi) is 4.60. The van der Waals surface area contributed by atoms with Crippen LogP contribution in [-0.2, 0) is 11.2 Å². The van der Waals surface area contributed by atoms with Gasteiger partial charge in [-0.1, -0.05) is 6.92 Å². The SMILES string of the molecule is CC(CCCl)CCN1C(=O)Cc2cc([N+](=O)[O-])ccc21. The molecule has 5 nitrogen and oxygen atoms in total. The van der Waals surface area contributed by atoms with E-state index < -0.39 is 4.92 Å². The number of benzene rings is 1. The van der Waals surface area contributed by atoms with Crippen molar-refractivity contribution in [3.8, 4) is 0 Å². The third-order valence-corrected chi connectivity index (χ3v) is 3.87. The fourth-order valence-electron chi connectivity index (χ4n) is 2.41. The predicted molar refractivity (Wildman–Crippen MR) is 78.3 cm³/mol. The van der Waals surface area contributed by atoms with Gasteiger partial charge in [0, 0.05) is 30.2 Å². The molecule has 0 spiro atoms. The first-order chi connectivity index (χ1) is 9.52. The van der Waals surface area contributed by atoms with Crippen LogP contribution in [0.5, 0.6) is 0 Å². The molecule has 1 atom stereocenters. The van der Waals surface area contributed by atoms with Gasteiger partial charge in [-0.05, 0) is 30.4 Å². The number of hydrogen-bond donors (Lipinski definition) is 0. The zero-order valence-corrected chi connectivity index (χ0v) is 12.1. The maximum absolute atomic E-state index is 12.0. The van der Waals surface area contributed by atoms with Crippen molar-refractivity contribution in [3.63, 3.8) is 0 Å². The molecule has 20 heavy (non-hydrogen) atoms. The number of nitro groups is 1. The predicted octanol–water partition coefficient (Wildman–Crippen LogP) is 3.14. The normalized spacial score (nSPS) is 15.3. The first-order valence-corrected chi connectivity index (χ1v) is 7.20. The van der Waals surface area contributed by atoms with Gasteiger partial charge in [0.2, 0.25) is 5.91 Å². The number of nitro benzene ring substituents is 1. The fraction of sp³-hybridized carbons (Fsp3) is 0.500. The number of fused-ring (bicyclic) bond motifs is 1. The number of alkyl halides is 1. The zero-order chi connectivity index (χ0) is 14.7. The number of carbonyl (C=O) groups excluding carboxylic acids is 1. The van der Waals surface area contributed by atoms with Crippen LogP contribution in [-0.4, -0.2) is 23.3 Å². The highest BCUT2D eigenvalue weighted by Crippen LogP contribution is 2.32. The molecular formula is C14H17ClN2O3. The van der Waals surface area contributed by atoms with Gasteiger partial charge in [-0.15, -0.1) is 11.6 Å². The van der Waals surface area contributed by atoms with Crippen molar-refractivity contribution < 1.29 is 9.72 Å². The quantitative estimate of drug-likeness (QED) is 0.460. The molecule has 1 heterocycles. The number of amides is 1. The third-order valence-electron chi connectivity index (χ3n) is 3.65. The Morgan fingerprint density at radius 3 is 2.85 bits per heavy atom. The minimum atomic E-state index is -0.435. The Labute approximate surface area is 122 Å². The molecule has 0 aliphatic carbocycles. The molecule has 2 rings (SSSR count). The van der Waals surface area contributed by atoms with Crippen molar-refractivity contribution in [1.82, 2.24) is 0 Å². The van der Waals surface area contributed by atoms with Crippen LogP contribution in [0.2, 0.25) is 0 Å². The molecule has 1 amide bonds. The molecule has 0 bridgehead atoms. The van der Waals surface area contributed by atoms with E-state index in [2.05, 4.69) is 6.92 Å². The molecular weight excluding hydrogens is 280 g/mol. The van der Waals surface area contributed by atoms with Gasteiger partial charge in [0.1, 0.15) is 0 Å². The molecule has 0 aromatic heterocycles. The first kappa shape index (κ1) is 14.8. The van der Waals surface area contributed by atoms with Crippen LogP contribution in [0.15, 0.2) is 18.2 Å². The third kappa shape index (κ3) is 3.10. The van der Waals surface area contributed by atoms with Gasteiger partial charge in [0.15, 0.2) is 0 Å². The molecule has 0 saturated heterocycles. The van der Waals surface area contributed by atoms with Gasteiger partial charge < -0.3 is 4.90 Å². The van der Waals surface area contributed by atoms with Crippen molar-refractivity contribution >= 4 is 28.9 Å². The maximum Gasteiger partial charge on any atom is 0.269 e. The van der Waals surface area contributed by atoms with E-state index in [4.69, 9.17) is 11.6 Å². The zero-order valence-electron chi connectivity index (χ0n) is 11.3. The van der Waals surface area contributed by atoms with E-state index in [0.717, 1.165) is 24.1 Å². The average Bonchev–Trinajstić information content (AvgIpc) is 2.71. The minimum absolute atomic E-state index is 0.0126. The summed E-state index contributed by atoms with van der Waals surface area (Å²) in [6.07, 6.45) is 2.06. The van der Waals surface area contributed by atoms with Crippen molar-refractivity contribution in [1.29, 1.82) is 0 Å². The smallest absolute Gasteiger partial charge is 0.269 e. The fourth-order valence-corrected chi connectivity index (χ4v) is 2.78. The second kappa shape index (κ2) is 6.22. The van der Waals surface area contributed by atoms with E-state index in [1.807, 2.05) is 0 Å². The molecule has 0 radical (unpaired) electrons. The van der Waals surface area contributed by atoms with E-state index in [1.54, 1.807) is 11.0 Å².